The number of hydrogen-bond donors (Lipinski definition) is 1. The van der Waals surface area contributed by atoms with Crippen molar-refractivity contribution in [3.05, 3.63) is 35.6 Å². The van der Waals surface area contributed by atoms with Gasteiger partial charge in [-0.05, 0) is 18.1 Å². The normalized spacial score (nSPS) is 15.5. The van der Waals surface area contributed by atoms with Gasteiger partial charge in [-0.15, -0.1) is 0 Å². The van der Waals surface area contributed by atoms with Gasteiger partial charge in [-0.3, -0.25) is 14.4 Å². The van der Waals surface area contributed by atoms with E-state index in [1.807, 2.05) is 0 Å². The number of piperazine rings is 1. The molecule has 1 aromatic rings. The largest absolute Gasteiger partial charge is 0.355 e. The lowest BCUT2D eigenvalue weighted by atomic mass is 10.00. The Labute approximate surface area is 153 Å². The van der Waals surface area contributed by atoms with E-state index in [9.17, 15) is 18.8 Å². The zero-order valence-corrected chi connectivity index (χ0v) is 15.3. The van der Waals surface area contributed by atoms with E-state index in [2.05, 4.69) is 5.32 Å². The van der Waals surface area contributed by atoms with Gasteiger partial charge in [-0.1, -0.05) is 25.1 Å². The van der Waals surface area contributed by atoms with Gasteiger partial charge >= 0.3 is 0 Å². The first-order chi connectivity index (χ1) is 12.4. The minimum absolute atomic E-state index is 0.0215. The van der Waals surface area contributed by atoms with E-state index >= 15 is 0 Å². The minimum Gasteiger partial charge on any atom is -0.355 e. The van der Waals surface area contributed by atoms with Crippen LogP contribution in [-0.4, -0.2) is 60.2 Å². The standard InChI is InChI=1S/C19H26FN3O3/c1-14(13-16-5-3-4-6-17(16)20)19(26)21-8-7-18(25)23-11-9-22(10-12-23)15(2)24/h3-6,14H,7-13H2,1-2H3,(H,21,26). The number of carbonyl (C=O) groups is 3. The van der Waals surface area contributed by atoms with Crippen molar-refractivity contribution in [2.75, 3.05) is 32.7 Å². The highest BCUT2D eigenvalue weighted by molar-refractivity contribution is 5.80. The Balaban J connectivity index is 1.70. The molecule has 3 amide bonds. The van der Waals surface area contributed by atoms with E-state index < -0.39 is 0 Å². The number of halogens is 1. The zero-order chi connectivity index (χ0) is 19.1. The van der Waals surface area contributed by atoms with Crippen molar-refractivity contribution < 1.29 is 18.8 Å². The predicted octanol–water partition coefficient (Wildman–Crippen LogP) is 1.20. The summed E-state index contributed by atoms with van der Waals surface area (Å²) in [5, 5.41) is 2.75. The molecule has 0 radical (unpaired) electrons. The first kappa shape index (κ1) is 19.9. The van der Waals surface area contributed by atoms with Crippen LogP contribution in [0.1, 0.15) is 25.8 Å². The third-order valence-electron chi connectivity index (χ3n) is 4.65. The Hall–Kier alpha value is -2.44. The highest BCUT2D eigenvalue weighted by Gasteiger charge is 2.22. The smallest absolute Gasteiger partial charge is 0.224 e. The number of hydrogen-bond acceptors (Lipinski definition) is 3. The molecule has 1 aliphatic heterocycles. The van der Waals surface area contributed by atoms with Crippen molar-refractivity contribution in [3.8, 4) is 0 Å². The van der Waals surface area contributed by atoms with Crippen molar-refractivity contribution in [2.24, 2.45) is 5.92 Å². The van der Waals surface area contributed by atoms with Crippen LogP contribution in [0, 0.1) is 11.7 Å². The van der Waals surface area contributed by atoms with Gasteiger partial charge in [0.1, 0.15) is 5.82 Å². The molecule has 2 rings (SSSR count). The Morgan fingerprint density at radius 1 is 1.12 bits per heavy atom. The van der Waals surface area contributed by atoms with Crippen LogP contribution in [0.4, 0.5) is 4.39 Å². The molecular formula is C19H26FN3O3. The Kier molecular flexibility index (Phi) is 7.12. The van der Waals surface area contributed by atoms with Gasteiger partial charge in [0.15, 0.2) is 0 Å². The van der Waals surface area contributed by atoms with Crippen molar-refractivity contribution in [1.82, 2.24) is 15.1 Å². The van der Waals surface area contributed by atoms with E-state index in [0.717, 1.165) is 0 Å². The minimum atomic E-state index is -0.374. The van der Waals surface area contributed by atoms with E-state index in [4.69, 9.17) is 0 Å². The maximum absolute atomic E-state index is 13.6. The molecule has 1 heterocycles. The number of nitrogens with zero attached hydrogens (tertiary/aromatic N) is 2. The van der Waals surface area contributed by atoms with Gasteiger partial charge in [-0.25, -0.2) is 4.39 Å². The first-order valence-electron chi connectivity index (χ1n) is 8.93. The number of amides is 3. The SMILES string of the molecule is CC(=O)N1CCN(C(=O)CCNC(=O)C(C)Cc2ccccc2F)CC1. The summed E-state index contributed by atoms with van der Waals surface area (Å²) in [5.41, 5.74) is 0.509. The van der Waals surface area contributed by atoms with Crippen LogP contribution in [0.15, 0.2) is 24.3 Å². The monoisotopic (exact) mass is 363 g/mol. The highest BCUT2D eigenvalue weighted by atomic mass is 19.1. The fourth-order valence-corrected chi connectivity index (χ4v) is 2.98. The van der Waals surface area contributed by atoms with Crippen LogP contribution in [0.3, 0.4) is 0 Å². The molecule has 7 heteroatoms. The molecule has 1 aromatic carbocycles. The summed E-state index contributed by atoms with van der Waals surface area (Å²) < 4.78 is 13.6. The Bertz CT molecular complexity index is 657. The molecule has 1 atom stereocenters. The van der Waals surface area contributed by atoms with Crippen molar-refractivity contribution in [1.29, 1.82) is 0 Å². The molecule has 1 aliphatic rings. The van der Waals surface area contributed by atoms with Crippen LogP contribution in [0.25, 0.3) is 0 Å². The number of carbonyl (C=O) groups excluding carboxylic acids is 3. The van der Waals surface area contributed by atoms with Gasteiger partial charge in [0, 0.05) is 52.0 Å². The average Bonchev–Trinajstić information content (AvgIpc) is 2.63. The van der Waals surface area contributed by atoms with Crippen molar-refractivity contribution in [3.63, 3.8) is 0 Å². The Morgan fingerprint density at radius 3 is 2.35 bits per heavy atom. The van der Waals surface area contributed by atoms with E-state index in [1.165, 1.54) is 13.0 Å². The van der Waals surface area contributed by atoms with Gasteiger partial charge in [0.05, 0.1) is 0 Å². The summed E-state index contributed by atoms with van der Waals surface area (Å²) in [6.45, 7) is 5.67. The molecule has 6 nitrogen and oxygen atoms in total. The molecule has 1 fully saturated rings. The maximum atomic E-state index is 13.6. The fourth-order valence-electron chi connectivity index (χ4n) is 2.98. The third kappa shape index (κ3) is 5.54. The summed E-state index contributed by atoms with van der Waals surface area (Å²) >= 11 is 0. The van der Waals surface area contributed by atoms with Crippen molar-refractivity contribution in [2.45, 2.75) is 26.7 Å². The zero-order valence-electron chi connectivity index (χ0n) is 15.3. The van der Waals surface area contributed by atoms with Crippen LogP contribution < -0.4 is 5.32 Å². The van der Waals surface area contributed by atoms with E-state index in [0.29, 0.717) is 38.2 Å². The van der Waals surface area contributed by atoms with Gasteiger partial charge in [0.2, 0.25) is 17.7 Å². The maximum Gasteiger partial charge on any atom is 0.224 e. The van der Waals surface area contributed by atoms with Gasteiger partial charge in [-0.2, -0.15) is 0 Å². The molecule has 1 saturated heterocycles. The average molecular weight is 363 g/mol. The van der Waals surface area contributed by atoms with E-state index in [1.54, 1.807) is 34.9 Å². The number of benzene rings is 1. The molecular weight excluding hydrogens is 337 g/mol. The van der Waals surface area contributed by atoms with Crippen LogP contribution >= 0.6 is 0 Å². The molecule has 142 valence electrons. The van der Waals surface area contributed by atoms with E-state index in [-0.39, 0.29) is 42.4 Å². The topological polar surface area (TPSA) is 69.7 Å². The quantitative estimate of drug-likeness (QED) is 0.826. The summed E-state index contributed by atoms with van der Waals surface area (Å²) in [5.74, 6) is -0.890. The lowest BCUT2D eigenvalue weighted by Gasteiger charge is -2.34. The lowest BCUT2D eigenvalue weighted by Crippen LogP contribution is -2.50. The third-order valence-corrected chi connectivity index (χ3v) is 4.65. The molecule has 0 spiro atoms. The van der Waals surface area contributed by atoms with Crippen LogP contribution in [0.5, 0.6) is 0 Å². The lowest BCUT2D eigenvalue weighted by molar-refractivity contribution is -0.138. The molecule has 1 N–H and O–H groups in total. The molecule has 0 aliphatic carbocycles. The molecule has 1 unspecified atom stereocenters. The number of nitrogens with one attached hydrogen (secondary N) is 1. The summed E-state index contributed by atoms with van der Waals surface area (Å²) in [7, 11) is 0. The van der Waals surface area contributed by atoms with Gasteiger partial charge in [0.25, 0.3) is 0 Å². The summed E-state index contributed by atoms with van der Waals surface area (Å²) in [6.07, 6.45) is 0.539. The first-order valence-corrected chi connectivity index (χ1v) is 8.93. The highest BCUT2D eigenvalue weighted by Crippen LogP contribution is 2.12. The second kappa shape index (κ2) is 9.31. The molecule has 0 aromatic heterocycles. The summed E-state index contributed by atoms with van der Waals surface area (Å²) in [4.78, 5) is 39.0. The van der Waals surface area contributed by atoms with Gasteiger partial charge < -0.3 is 15.1 Å². The number of rotatable bonds is 6. The van der Waals surface area contributed by atoms with Crippen LogP contribution in [0.2, 0.25) is 0 Å². The molecule has 0 saturated carbocycles. The Morgan fingerprint density at radius 2 is 1.73 bits per heavy atom. The van der Waals surface area contributed by atoms with Crippen LogP contribution in [-0.2, 0) is 20.8 Å². The predicted molar refractivity (Wildman–Crippen MR) is 95.7 cm³/mol. The second-order valence-corrected chi connectivity index (χ2v) is 6.62. The molecule has 26 heavy (non-hydrogen) atoms. The van der Waals surface area contributed by atoms with Crippen molar-refractivity contribution >= 4 is 17.7 Å². The summed E-state index contributed by atoms with van der Waals surface area (Å²) in [6, 6.07) is 6.41. The molecule has 0 bridgehead atoms. The second-order valence-electron chi connectivity index (χ2n) is 6.62. The fraction of sp³-hybridized carbons (Fsp3) is 0.526.